The second kappa shape index (κ2) is 5.58. The molecule has 1 aromatic rings. The van der Waals surface area contributed by atoms with Gasteiger partial charge in [-0.3, -0.25) is 0 Å². The van der Waals surface area contributed by atoms with Gasteiger partial charge in [-0.1, -0.05) is 25.1 Å². The summed E-state index contributed by atoms with van der Waals surface area (Å²) in [6.07, 6.45) is -4.57. The Morgan fingerprint density at radius 3 is 2.43 bits per heavy atom. The molecule has 1 aromatic carbocycles. The molecule has 0 bridgehead atoms. The lowest BCUT2D eigenvalue weighted by Crippen LogP contribution is -2.33. The van der Waals surface area contributed by atoms with Gasteiger partial charge in [0.05, 0.1) is 11.3 Å². The highest BCUT2D eigenvalue weighted by molar-refractivity contribution is 7.88. The number of nitrogens with zero attached hydrogens (tertiary/aromatic N) is 1. The molecule has 1 saturated heterocycles. The van der Waals surface area contributed by atoms with Crippen LogP contribution in [-0.2, 0) is 22.0 Å². The Morgan fingerprint density at radius 2 is 1.90 bits per heavy atom. The van der Waals surface area contributed by atoms with E-state index in [1.807, 2.05) is 6.92 Å². The van der Waals surface area contributed by atoms with E-state index in [-0.39, 0.29) is 30.6 Å². The molecule has 21 heavy (non-hydrogen) atoms. The van der Waals surface area contributed by atoms with Crippen molar-refractivity contribution in [3.63, 3.8) is 0 Å². The number of hydrogen-bond acceptors (Lipinski definition) is 3. The number of hydrogen-bond donors (Lipinski definition) is 1. The SMILES string of the molecule is CC1CN(S(=O)(=O)Cc2ccccc2C(F)(F)F)CC1N. The molecule has 118 valence electrons. The van der Waals surface area contributed by atoms with Crippen molar-refractivity contribution in [1.82, 2.24) is 4.31 Å². The van der Waals surface area contributed by atoms with Gasteiger partial charge < -0.3 is 5.73 Å². The Balaban J connectivity index is 2.26. The Bertz CT molecular complexity index is 606. The fourth-order valence-corrected chi connectivity index (χ4v) is 4.07. The molecule has 0 amide bonds. The summed E-state index contributed by atoms with van der Waals surface area (Å²) in [7, 11) is -3.81. The van der Waals surface area contributed by atoms with E-state index in [0.717, 1.165) is 6.07 Å². The zero-order chi connectivity index (χ0) is 15.8. The van der Waals surface area contributed by atoms with Crippen LogP contribution in [0.25, 0.3) is 0 Å². The van der Waals surface area contributed by atoms with Crippen LogP contribution in [0.5, 0.6) is 0 Å². The highest BCUT2D eigenvalue weighted by Crippen LogP contribution is 2.33. The van der Waals surface area contributed by atoms with E-state index in [1.54, 1.807) is 0 Å². The lowest BCUT2D eigenvalue weighted by atomic mass is 10.1. The molecule has 0 aromatic heterocycles. The maximum Gasteiger partial charge on any atom is 0.416 e. The van der Waals surface area contributed by atoms with Gasteiger partial charge in [-0.05, 0) is 17.5 Å². The molecule has 2 rings (SSSR count). The summed E-state index contributed by atoms with van der Waals surface area (Å²) in [6, 6.07) is 4.45. The van der Waals surface area contributed by atoms with Gasteiger partial charge in [-0.2, -0.15) is 17.5 Å². The summed E-state index contributed by atoms with van der Waals surface area (Å²) >= 11 is 0. The van der Waals surface area contributed by atoms with E-state index in [9.17, 15) is 21.6 Å². The Kier molecular flexibility index (Phi) is 4.32. The van der Waals surface area contributed by atoms with Crippen LogP contribution in [0.2, 0.25) is 0 Å². The van der Waals surface area contributed by atoms with Crippen LogP contribution in [0, 0.1) is 5.92 Å². The third-order valence-electron chi connectivity index (χ3n) is 3.69. The minimum absolute atomic E-state index is 0.00219. The van der Waals surface area contributed by atoms with Crippen LogP contribution in [-0.4, -0.2) is 31.9 Å². The summed E-state index contributed by atoms with van der Waals surface area (Å²) in [5, 5.41) is 0. The van der Waals surface area contributed by atoms with Crippen molar-refractivity contribution < 1.29 is 21.6 Å². The molecular formula is C13H17F3N2O2S. The van der Waals surface area contributed by atoms with E-state index in [4.69, 9.17) is 5.73 Å². The van der Waals surface area contributed by atoms with Gasteiger partial charge in [0.2, 0.25) is 10.0 Å². The average molecular weight is 322 g/mol. The quantitative estimate of drug-likeness (QED) is 0.923. The minimum Gasteiger partial charge on any atom is -0.326 e. The minimum atomic E-state index is -4.57. The first-order valence-corrected chi connectivity index (χ1v) is 8.10. The monoisotopic (exact) mass is 322 g/mol. The van der Waals surface area contributed by atoms with Crippen molar-refractivity contribution in [1.29, 1.82) is 0 Å². The van der Waals surface area contributed by atoms with Crippen molar-refractivity contribution in [3.8, 4) is 0 Å². The number of rotatable bonds is 3. The Morgan fingerprint density at radius 1 is 1.29 bits per heavy atom. The predicted octanol–water partition coefficient (Wildman–Crippen LogP) is 1.81. The molecule has 1 heterocycles. The maximum absolute atomic E-state index is 12.9. The second-order valence-electron chi connectivity index (χ2n) is 5.37. The number of nitrogens with two attached hydrogens (primary N) is 1. The van der Waals surface area contributed by atoms with Crippen molar-refractivity contribution in [2.24, 2.45) is 11.7 Å². The summed E-state index contributed by atoms with van der Waals surface area (Å²) in [5.74, 6) is -0.667. The highest BCUT2D eigenvalue weighted by atomic mass is 32.2. The largest absolute Gasteiger partial charge is 0.416 e. The fourth-order valence-electron chi connectivity index (χ4n) is 2.38. The lowest BCUT2D eigenvalue weighted by molar-refractivity contribution is -0.138. The van der Waals surface area contributed by atoms with Crippen molar-refractivity contribution in [2.45, 2.75) is 24.9 Å². The standard InChI is InChI=1S/C13H17F3N2O2S/c1-9-6-18(7-12(9)17)21(19,20)8-10-4-2-3-5-11(10)13(14,15)16/h2-5,9,12H,6-8,17H2,1H3. The van der Waals surface area contributed by atoms with Crippen LogP contribution in [0.15, 0.2) is 24.3 Å². The molecule has 1 aliphatic rings. The molecule has 0 saturated carbocycles. The maximum atomic E-state index is 12.9. The molecule has 1 aliphatic heterocycles. The van der Waals surface area contributed by atoms with Crippen molar-refractivity contribution >= 4 is 10.0 Å². The molecular weight excluding hydrogens is 305 g/mol. The molecule has 2 atom stereocenters. The Hall–Kier alpha value is -1.12. The van der Waals surface area contributed by atoms with E-state index in [1.165, 1.54) is 22.5 Å². The number of alkyl halides is 3. The molecule has 8 heteroatoms. The first-order valence-electron chi connectivity index (χ1n) is 6.50. The van der Waals surface area contributed by atoms with Gasteiger partial charge in [-0.25, -0.2) is 8.42 Å². The summed E-state index contributed by atoms with van der Waals surface area (Å²) in [4.78, 5) is 0. The molecule has 0 radical (unpaired) electrons. The van der Waals surface area contributed by atoms with Crippen LogP contribution >= 0.6 is 0 Å². The zero-order valence-corrected chi connectivity index (χ0v) is 12.3. The molecule has 2 unspecified atom stereocenters. The summed E-state index contributed by atoms with van der Waals surface area (Å²) < 4.78 is 64.4. The first-order chi connectivity index (χ1) is 9.61. The molecule has 1 fully saturated rings. The summed E-state index contributed by atoms with van der Waals surface area (Å²) in [5.41, 5.74) is 4.62. The third-order valence-corrected chi connectivity index (χ3v) is 5.45. The highest BCUT2D eigenvalue weighted by Gasteiger charge is 2.37. The van der Waals surface area contributed by atoms with Gasteiger partial charge in [0.1, 0.15) is 0 Å². The van der Waals surface area contributed by atoms with Crippen LogP contribution in [0.3, 0.4) is 0 Å². The van der Waals surface area contributed by atoms with Crippen molar-refractivity contribution in [2.75, 3.05) is 13.1 Å². The van der Waals surface area contributed by atoms with Gasteiger partial charge >= 0.3 is 6.18 Å². The van der Waals surface area contributed by atoms with Crippen LogP contribution < -0.4 is 5.73 Å². The first kappa shape index (κ1) is 16.3. The Labute approximate surface area is 121 Å². The van der Waals surface area contributed by atoms with E-state index >= 15 is 0 Å². The smallest absolute Gasteiger partial charge is 0.326 e. The molecule has 4 nitrogen and oxygen atoms in total. The van der Waals surface area contributed by atoms with Crippen LogP contribution in [0.1, 0.15) is 18.1 Å². The van der Waals surface area contributed by atoms with E-state index < -0.39 is 27.5 Å². The van der Waals surface area contributed by atoms with E-state index in [2.05, 4.69) is 0 Å². The third kappa shape index (κ3) is 3.56. The van der Waals surface area contributed by atoms with Gasteiger partial charge in [0.25, 0.3) is 0 Å². The fraction of sp³-hybridized carbons (Fsp3) is 0.538. The zero-order valence-electron chi connectivity index (χ0n) is 11.5. The lowest BCUT2D eigenvalue weighted by Gasteiger charge is -2.18. The van der Waals surface area contributed by atoms with Gasteiger partial charge in [0.15, 0.2) is 0 Å². The molecule has 2 N–H and O–H groups in total. The predicted molar refractivity (Wildman–Crippen MR) is 72.8 cm³/mol. The van der Waals surface area contributed by atoms with Crippen LogP contribution in [0.4, 0.5) is 13.2 Å². The van der Waals surface area contributed by atoms with E-state index in [0.29, 0.717) is 0 Å². The molecule has 0 spiro atoms. The number of sulfonamides is 1. The number of halogens is 3. The number of benzene rings is 1. The second-order valence-corrected chi connectivity index (χ2v) is 7.34. The van der Waals surface area contributed by atoms with Gasteiger partial charge in [-0.15, -0.1) is 0 Å². The topological polar surface area (TPSA) is 63.4 Å². The summed E-state index contributed by atoms with van der Waals surface area (Å²) in [6.45, 7) is 2.22. The normalized spacial score (nSPS) is 24.4. The van der Waals surface area contributed by atoms with Crippen molar-refractivity contribution in [3.05, 3.63) is 35.4 Å². The molecule has 0 aliphatic carbocycles. The average Bonchev–Trinajstić information content (AvgIpc) is 2.69. The van der Waals surface area contributed by atoms with Gasteiger partial charge in [0, 0.05) is 19.1 Å².